The Labute approximate surface area is 78.9 Å². The summed E-state index contributed by atoms with van der Waals surface area (Å²) in [5, 5.41) is 0. The summed E-state index contributed by atoms with van der Waals surface area (Å²) in [4.78, 5) is 4.05. The summed E-state index contributed by atoms with van der Waals surface area (Å²) in [6.07, 6.45) is 4.35. The van der Waals surface area contributed by atoms with E-state index in [9.17, 15) is 0 Å². The van der Waals surface area contributed by atoms with Crippen LogP contribution < -0.4 is 10.5 Å². The van der Waals surface area contributed by atoms with Crippen LogP contribution in [0.4, 0.5) is 0 Å². The third kappa shape index (κ3) is 3.03. The van der Waals surface area contributed by atoms with Crippen molar-refractivity contribution in [2.24, 2.45) is 5.73 Å². The van der Waals surface area contributed by atoms with Gasteiger partial charge in [-0.15, -0.1) is 0 Å². The highest BCUT2D eigenvalue weighted by Gasteiger charge is 2.04. The maximum Gasteiger partial charge on any atom is 0.125 e. The van der Waals surface area contributed by atoms with Crippen LogP contribution in [0.1, 0.15) is 19.4 Å². The van der Waals surface area contributed by atoms with Gasteiger partial charge in [0.2, 0.25) is 0 Å². The molecule has 0 saturated heterocycles. The first kappa shape index (κ1) is 9.99. The van der Waals surface area contributed by atoms with Crippen LogP contribution in [0, 0.1) is 0 Å². The van der Waals surface area contributed by atoms with Crippen molar-refractivity contribution >= 4 is 0 Å². The van der Waals surface area contributed by atoms with E-state index in [0.29, 0.717) is 6.61 Å². The molecular weight excluding hydrogens is 164 g/mol. The maximum absolute atomic E-state index is 5.71. The average Bonchev–Trinajstić information content (AvgIpc) is 2.08. The minimum Gasteiger partial charge on any atom is -0.493 e. The molecule has 0 aromatic carbocycles. The summed E-state index contributed by atoms with van der Waals surface area (Å²) in [5.41, 5.74) is 6.79. The predicted molar refractivity (Wildman–Crippen MR) is 52.8 cm³/mol. The van der Waals surface area contributed by atoms with Gasteiger partial charge in [0, 0.05) is 24.0 Å². The van der Waals surface area contributed by atoms with E-state index in [-0.39, 0.29) is 6.04 Å². The van der Waals surface area contributed by atoms with Gasteiger partial charge in [-0.05, 0) is 26.3 Å². The number of nitrogens with zero attached hydrogens (tertiary/aromatic N) is 1. The molecule has 1 aromatic rings. The van der Waals surface area contributed by atoms with E-state index in [0.717, 1.165) is 17.7 Å². The highest BCUT2D eigenvalue weighted by molar-refractivity contribution is 5.30. The Balaban J connectivity index is 2.78. The fraction of sp³-hybridized carbons (Fsp3) is 0.500. The molecule has 1 atom stereocenters. The molecule has 2 N–H and O–H groups in total. The van der Waals surface area contributed by atoms with Crippen molar-refractivity contribution in [2.75, 3.05) is 6.61 Å². The van der Waals surface area contributed by atoms with Crippen LogP contribution in [0.2, 0.25) is 0 Å². The molecule has 0 aliphatic rings. The van der Waals surface area contributed by atoms with Crippen molar-refractivity contribution < 1.29 is 4.74 Å². The van der Waals surface area contributed by atoms with Gasteiger partial charge in [0.25, 0.3) is 0 Å². The molecule has 72 valence electrons. The third-order valence-electron chi connectivity index (χ3n) is 1.70. The molecule has 1 aromatic heterocycles. The topological polar surface area (TPSA) is 48.1 Å². The maximum atomic E-state index is 5.71. The van der Waals surface area contributed by atoms with E-state index >= 15 is 0 Å². The first-order valence-corrected chi connectivity index (χ1v) is 4.55. The van der Waals surface area contributed by atoms with Gasteiger partial charge in [-0.1, -0.05) is 0 Å². The summed E-state index contributed by atoms with van der Waals surface area (Å²) in [6.45, 7) is 4.62. The van der Waals surface area contributed by atoms with Crippen LogP contribution in [0.3, 0.4) is 0 Å². The summed E-state index contributed by atoms with van der Waals surface area (Å²) >= 11 is 0. The Morgan fingerprint density at radius 2 is 2.38 bits per heavy atom. The zero-order chi connectivity index (χ0) is 9.68. The molecule has 0 bridgehead atoms. The number of pyridine rings is 1. The van der Waals surface area contributed by atoms with Gasteiger partial charge in [0.1, 0.15) is 5.75 Å². The van der Waals surface area contributed by atoms with Crippen LogP contribution in [0.15, 0.2) is 18.5 Å². The fourth-order valence-electron chi connectivity index (χ4n) is 1.21. The monoisotopic (exact) mass is 180 g/mol. The first-order valence-electron chi connectivity index (χ1n) is 4.55. The first-order chi connectivity index (χ1) is 6.24. The molecule has 0 aliphatic carbocycles. The minimum absolute atomic E-state index is 0.142. The Hall–Kier alpha value is -1.09. The van der Waals surface area contributed by atoms with E-state index < -0.39 is 0 Å². The zero-order valence-corrected chi connectivity index (χ0v) is 8.16. The van der Waals surface area contributed by atoms with Gasteiger partial charge in [-0.2, -0.15) is 0 Å². The Morgan fingerprint density at radius 1 is 1.62 bits per heavy atom. The van der Waals surface area contributed by atoms with Gasteiger partial charge in [0.15, 0.2) is 0 Å². The molecule has 3 nitrogen and oxygen atoms in total. The molecule has 3 heteroatoms. The number of hydrogen-bond donors (Lipinski definition) is 1. The molecular formula is C10H16N2O. The molecule has 1 unspecified atom stereocenters. The zero-order valence-electron chi connectivity index (χ0n) is 8.16. The lowest BCUT2D eigenvalue weighted by Gasteiger charge is -2.10. The second-order valence-corrected chi connectivity index (χ2v) is 3.10. The molecule has 0 amide bonds. The molecule has 0 aliphatic heterocycles. The fourth-order valence-corrected chi connectivity index (χ4v) is 1.21. The third-order valence-corrected chi connectivity index (χ3v) is 1.70. The minimum atomic E-state index is 0.142. The predicted octanol–water partition coefficient (Wildman–Crippen LogP) is 1.37. The number of nitrogens with two attached hydrogens (primary N) is 1. The van der Waals surface area contributed by atoms with E-state index in [2.05, 4.69) is 4.98 Å². The Morgan fingerprint density at radius 3 is 3.00 bits per heavy atom. The highest BCUT2D eigenvalue weighted by atomic mass is 16.5. The van der Waals surface area contributed by atoms with Crippen LogP contribution >= 0.6 is 0 Å². The van der Waals surface area contributed by atoms with Crippen molar-refractivity contribution in [2.45, 2.75) is 26.3 Å². The van der Waals surface area contributed by atoms with Gasteiger partial charge >= 0.3 is 0 Å². The standard InChI is InChI=1S/C10H16N2O/c1-3-13-10-4-5-12-7-9(10)6-8(2)11/h4-5,7-8H,3,6,11H2,1-2H3. The van der Waals surface area contributed by atoms with Gasteiger partial charge in [-0.25, -0.2) is 0 Å². The average molecular weight is 180 g/mol. The summed E-state index contributed by atoms with van der Waals surface area (Å²) in [6, 6.07) is 2.02. The van der Waals surface area contributed by atoms with E-state index in [4.69, 9.17) is 10.5 Å². The quantitative estimate of drug-likeness (QED) is 0.761. The van der Waals surface area contributed by atoms with Crippen molar-refractivity contribution in [3.63, 3.8) is 0 Å². The summed E-state index contributed by atoms with van der Waals surface area (Å²) in [7, 11) is 0. The lowest BCUT2D eigenvalue weighted by Crippen LogP contribution is -2.18. The van der Waals surface area contributed by atoms with Crippen molar-refractivity contribution in [1.82, 2.24) is 4.98 Å². The smallest absolute Gasteiger partial charge is 0.125 e. The second kappa shape index (κ2) is 4.82. The number of hydrogen-bond acceptors (Lipinski definition) is 3. The van der Waals surface area contributed by atoms with Gasteiger partial charge in [0.05, 0.1) is 6.61 Å². The molecule has 0 spiro atoms. The largest absolute Gasteiger partial charge is 0.493 e. The molecule has 1 rings (SSSR count). The van der Waals surface area contributed by atoms with Crippen molar-refractivity contribution in [3.8, 4) is 5.75 Å². The molecule has 0 saturated carbocycles. The lowest BCUT2D eigenvalue weighted by atomic mass is 10.1. The lowest BCUT2D eigenvalue weighted by molar-refractivity contribution is 0.335. The number of ether oxygens (including phenoxy) is 1. The molecule has 0 radical (unpaired) electrons. The molecule has 0 fully saturated rings. The summed E-state index contributed by atoms with van der Waals surface area (Å²) < 4.78 is 5.44. The molecule has 13 heavy (non-hydrogen) atoms. The van der Waals surface area contributed by atoms with Crippen LogP contribution in [0.5, 0.6) is 5.75 Å². The van der Waals surface area contributed by atoms with Gasteiger partial charge in [-0.3, -0.25) is 4.98 Å². The Kier molecular flexibility index (Phi) is 3.71. The normalized spacial score (nSPS) is 12.5. The number of aromatic nitrogens is 1. The van der Waals surface area contributed by atoms with E-state index in [1.54, 1.807) is 6.20 Å². The SMILES string of the molecule is CCOc1ccncc1CC(C)N. The second-order valence-electron chi connectivity index (χ2n) is 3.10. The molecule has 1 heterocycles. The van der Waals surface area contributed by atoms with Crippen LogP contribution in [-0.4, -0.2) is 17.6 Å². The highest BCUT2D eigenvalue weighted by Crippen LogP contribution is 2.17. The van der Waals surface area contributed by atoms with Crippen LogP contribution in [-0.2, 0) is 6.42 Å². The van der Waals surface area contributed by atoms with Gasteiger partial charge < -0.3 is 10.5 Å². The summed E-state index contributed by atoms with van der Waals surface area (Å²) in [5.74, 6) is 0.898. The Bertz CT molecular complexity index is 261. The van der Waals surface area contributed by atoms with E-state index in [1.165, 1.54) is 0 Å². The number of rotatable bonds is 4. The van der Waals surface area contributed by atoms with E-state index in [1.807, 2.05) is 26.1 Å². The van der Waals surface area contributed by atoms with Crippen molar-refractivity contribution in [1.29, 1.82) is 0 Å². The van der Waals surface area contributed by atoms with Crippen molar-refractivity contribution in [3.05, 3.63) is 24.0 Å². The van der Waals surface area contributed by atoms with Crippen LogP contribution in [0.25, 0.3) is 0 Å².